The molecule has 0 bridgehead atoms. The fourth-order valence-corrected chi connectivity index (χ4v) is 5.85. The maximum Gasteiger partial charge on any atom is 0.323 e. The fraction of sp³-hybridized carbons (Fsp3) is 0.483. The van der Waals surface area contributed by atoms with Crippen molar-refractivity contribution in [3.8, 4) is 6.07 Å². The topological polar surface area (TPSA) is 125 Å². The molecule has 4 N–H and O–H groups in total. The quantitative estimate of drug-likeness (QED) is 0.308. The molecule has 5 atom stereocenters. The van der Waals surface area contributed by atoms with E-state index in [1.165, 1.54) is 30.3 Å². The van der Waals surface area contributed by atoms with Crippen LogP contribution in [0.2, 0.25) is 10.0 Å². The molecule has 7 nitrogen and oxygen atoms in total. The summed E-state index contributed by atoms with van der Waals surface area (Å²) in [6.45, 7) is 5.45. The van der Waals surface area contributed by atoms with E-state index < -0.39 is 66.1 Å². The number of hydrogen-bond acceptors (Lipinski definition) is 6. The smallest absolute Gasteiger partial charge is 0.323 e. The van der Waals surface area contributed by atoms with Crippen LogP contribution in [0.4, 0.5) is 8.78 Å². The van der Waals surface area contributed by atoms with Gasteiger partial charge in [0.05, 0.1) is 23.6 Å². The van der Waals surface area contributed by atoms with Gasteiger partial charge in [-0.15, -0.1) is 0 Å². The standard InChI is InChI=1S/C29H33Cl2F2N3O4/c1-4-28(3,5-2)13-22-29(15-34,19-10-9-16(30)11-21(19)32)24(18-7-6-8-20(31)25(18)33)26(36-22)27(39)40-14-17(37)12-23(35)38/h6-11,17,22,24,26,36-37H,4-5,12-14H2,1-3H3,(H2,35,38)/t17-,22-,24-,26+,29-/m0/s1. The third kappa shape index (κ3) is 6.26. The predicted octanol–water partition coefficient (Wildman–Crippen LogP) is 5.15. The van der Waals surface area contributed by atoms with Crippen molar-refractivity contribution in [2.45, 2.75) is 76.0 Å². The number of nitrogens with two attached hydrogens (primary N) is 1. The normalized spacial score (nSPS) is 23.4. The molecule has 40 heavy (non-hydrogen) atoms. The van der Waals surface area contributed by atoms with E-state index in [-0.39, 0.29) is 26.6 Å². The van der Waals surface area contributed by atoms with Crippen molar-refractivity contribution < 1.29 is 28.2 Å². The van der Waals surface area contributed by atoms with E-state index in [1.807, 2.05) is 20.8 Å². The molecule has 0 radical (unpaired) electrons. The molecule has 1 amide bonds. The summed E-state index contributed by atoms with van der Waals surface area (Å²) in [5, 5.41) is 24.0. The van der Waals surface area contributed by atoms with Crippen LogP contribution < -0.4 is 11.1 Å². The number of rotatable bonds is 11. The van der Waals surface area contributed by atoms with Crippen molar-refractivity contribution in [1.82, 2.24) is 5.32 Å². The Morgan fingerprint density at radius 2 is 1.93 bits per heavy atom. The van der Waals surface area contributed by atoms with E-state index in [2.05, 4.69) is 11.4 Å². The van der Waals surface area contributed by atoms with Crippen LogP contribution in [0, 0.1) is 28.4 Å². The Labute approximate surface area is 242 Å². The second-order valence-electron chi connectivity index (χ2n) is 10.6. The number of halogens is 4. The highest BCUT2D eigenvalue weighted by Gasteiger charge is 2.62. The lowest BCUT2D eigenvalue weighted by Gasteiger charge is -2.39. The summed E-state index contributed by atoms with van der Waals surface area (Å²) >= 11 is 12.2. The number of esters is 1. The van der Waals surface area contributed by atoms with Gasteiger partial charge in [0.15, 0.2) is 0 Å². The van der Waals surface area contributed by atoms with Crippen LogP contribution in [0.15, 0.2) is 36.4 Å². The lowest BCUT2D eigenvalue weighted by atomic mass is 9.62. The Kier molecular flexibility index (Phi) is 10.2. The Balaban J connectivity index is 2.26. The summed E-state index contributed by atoms with van der Waals surface area (Å²) < 4.78 is 36.7. The van der Waals surface area contributed by atoms with Crippen LogP contribution >= 0.6 is 23.2 Å². The molecule has 1 fully saturated rings. The zero-order valence-corrected chi connectivity index (χ0v) is 24.0. The Bertz CT molecular complexity index is 1300. The van der Waals surface area contributed by atoms with E-state index >= 15 is 8.78 Å². The zero-order valence-electron chi connectivity index (χ0n) is 22.5. The van der Waals surface area contributed by atoms with Gasteiger partial charge >= 0.3 is 5.97 Å². The number of primary amides is 1. The van der Waals surface area contributed by atoms with Crippen LogP contribution in [-0.4, -0.2) is 41.8 Å². The molecule has 0 aliphatic carbocycles. The van der Waals surface area contributed by atoms with Gasteiger partial charge in [0.2, 0.25) is 5.91 Å². The first kappa shape index (κ1) is 31.8. The van der Waals surface area contributed by atoms with Crippen LogP contribution in [0.25, 0.3) is 0 Å². The highest BCUT2D eigenvalue weighted by Crippen LogP contribution is 2.53. The predicted molar refractivity (Wildman–Crippen MR) is 148 cm³/mol. The summed E-state index contributed by atoms with van der Waals surface area (Å²) in [6.07, 6.45) is -0.0297. The average molecular weight is 597 g/mol. The monoisotopic (exact) mass is 595 g/mol. The molecular formula is C29H33Cl2F2N3O4. The Morgan fingerprint density at radius 3 is 2.50 bits per heavy atom. The number of hydrogen-bond donors (Lipinski definition) is 3. The van der Waals surface area contributed by atoms with Crippen LogP contribution in [0.3, 0.4) is 0 Å². The minimum Gasteiger partial charge on any atom is -0.462 e. The van der Waals surface area contributed by atoms with Crippen molar-refractivity contribution in [1.29, 1.82) is 5.26 Å². The third-order valence-corrected chi connectivity index (χ3v) is 8.67. The number of benzene rings is 2. The van der Waals surface area contributed by atoms with Crippen LogP contribution in [0.1, 0.15) is 63.5 Å². The second kappa shape index (κ2) is 12.8. The molecule has 11 heteroatoms. The number of nitriles is 1. The van der Waals surface area contributed by atoms with E-state index in [1.54, 1.807) is 0 Å². The van der Waals surface area contributed by atoms with Gasteiger partial charge in [-0.3, -0.25) is 14.9 Å². The van der Waals surface area contributed by atoms with Crippen molar-refractivity contribution in [3.05, 3.63) is 69.2 Å². The molecule has 2 aromatic rings. The molecular weight excluding hydrogens is 563 g/mol. The summed E-state index contributed by atoms with van der Waals surface area (Å²) in [5.41, 5.74) is 2.85. The van der Waals surface area contributed by atoms with E-state index in [4.69, 9.17) is 33.7 Å². The first-order valence-corrected chi connectivity index (χ1v) is 13.8. The number of ether oxygens (including phenoxy) is 1. The van der Waals surface area contributed by atoms with Gasteiger partial charge in [-0.25, -0.2) is 8.78 Å². The number of aliphatic hydroxyl groups is 1. The van der Waals surface area contributed by atoms with Crippen LogP contribution in [0.5, 0.6) is 0 Å². The minimum atomic E-state index is -1.80. The van der Waals surface area contributed by atoms with Gasteiger partial charge in [-0.1, -0.05) is 75.0 Å². The minimum absolute atomic E-state index is 0.0557. The van der Waals surface area contributed by atoms with Gasteiger partial charge in [0.1, 0.15) is 29.7 Å². The largest absolute Gasteiger partial charge is 0.462 e. The van der Waals surface area contributed by atoms with Crippen molar-refractivity contribution in [3.63, 3.8) is 0 Å². The average Bonchev–Trinajstić information content (AvgIpc) is 3.22. The number of carbonyl (C=O) groups excluding carboxylic acids is 2. The van der Waals surface area contributed by atoms with Crippen molar-refractivity contribution in [2.24, 2.45) is 11.1 Å². The highest BCUT2D eigenvalue weighted by atomic mass is 35.5. The third-order valence-electron chi connectivity index (χ3n) is 8.15. The maximum atomic E-state index is 15.7. The van der Waals surface area contributed by atoms with Crippen molar-refractivity contribution in [2.75, 3.05) is 6.61 Å². The number of aliphatic hydroxyl groups excluding tert-OH is 1. The molecule has 1 saturated heterocycles. The van der Waals surface area contributed by atoms with Gasteiger partial charge < -0.3 is 15.6 Å². The van der Waals surface area contributed by atoms with E-state index in [0.29, 0.717) is 6.42 Å². The molecule has 1 heterocycles. The molecule has 216 valence electrons. The number of amides is 1. The Morgan fingerprint density at radius 1 is 1.25 bits per heavy atom. The second-order valence-corrected chi connectivity index (χ2v) is 11.4. The van der Waals surface area contributed by atoms with Gasteiger partial charge in [-0.05, 0) is 35.6 Å². The summed E-state index contributed by atoms with van der Waals surface area (Å²) in [7, 11) is 0. The summed E-state index contributed by atoms with van der Waals surface area (Å²) in [5.74, 6) is -4.64. The summed E-state index contributed by atoms with van der Waals surface area (Å²) in [6, 6.07) is 8.19. The molecule has 3 rings (SSSR count). The number of nitrogens with one attached hydrogen (secondary N) is 1. The SMILES string of the molecule is CCC(C)(CC)C[C@@H]1N[C@@H](C(=O)OC[C@@H](O)CC(N)=O)[C@H](c2cccc(Cl)c2F)[C@@]1(C#N)c1ccc(Cl)cc1F. The van der Waals surface area contributed by atoms with Gasteiger partial charge in [0, 0.05) is 22.5 Å². The lowest BCUT2D eigenvalue weighted by molar-refractivity contribution is -0.150. The first-order chi connectivity index (χ1) is 18.8. The Hall–Kier alpha value is -2.77. The molecule has 0 aromatic heterocycles. The van der Waals surface area contributed by atoms with E-state index in [0.717, 1.165) is 18.9 Å². The molecule has 0 saturated carbocycles. The zero-order chi connectivity index (χ0) is 29.8. The van der Waals surface area contributed by atoms with Gasteiger partial charge in [0.25, 0.3) is 0 Å². The molecule has 0 unspecified atom stereocenters. The molecule has 2 aromatic carbocycles. The van der Waals surface area contributed by atoms with Crippen molar-refractivity contribution >= 4 is 35.1 Å². The van der Waals surface area contributed by atoms with E-state index in [9.17, 15) is 20.0 Å². The van der Waals surface area contributed by atoms with Gasteiger partial charge in [-0.2, -0.15) is 5.26 Å². The fourth-order valence-electron chi connectivity index (χ4n) is 5.51. The molecule has 1 aliphatic rings. The molecule has 1 aliphatic heterocycles. The lowest BCUT2D eigenvalue weighted by Crippen LogP contribution is -2.45. The summed E-state index contributed by atoms with van der Waals surface area (Å²) in [4.78, 5) is 24.7. The molecule has 0 spiro atoms. The number of nitrogens with zero attached hydrogens (tertiary/aromatic N) is 1. The first-order valence-electron chi connectivity index (χ1n) is 13.0. The maximum absolute atomic E-state index is 15.7. The van der Waals surface area contributed by atoms with Crippen LogP contribution in [-0.2, 0) is 19.7 Å². The number of carbonyl (C=O) groups is 2. The highest BCUT2D eigenvalue weighted by molar-refractivity contribution is 6.31.